The predicted octanol–water partition coefficient (Wildman–Crippen LogP) is 2.21. The fraction of sp³-hybridized carbons (Fsp3) is 0.588. The maximum Gasteiger partial charge on any atom is 0.282 e. The van der Waals surface area contributed by atoms with E-state index in [1.165, 1.54) is 4.68 Å². The van der Waals surface area contributed by atoms with Crippen molar-refractivity contribution in [2.45, 2.75) is 26.8 Å². The third-order valence-electron chi connectivity index (χ3n) is 4.41. The molecule has 0 unspecified atom stereocenters. The molecule has 0 aromatic carbocycles. The molecule has 142 valence electrons. The van der Waals surface area contributed by atoms with Gasteiger partial charge < -0.3 is 10.2 Å². The molecule has 9 heteroatoms. The summed E-state index contributed by atoms with van der Waals surface area (Å²) >= 11 is 0. The van der Waals surface area contributed by atoms with Crippen molar-refractivity contribution in [3.63, 3.8) is 0 Å². The van der Waals surface area contributed by atoms with E-state index in [9.17, 15) is 8.78 Å². The first-order chi connectivity index (χ1) is 12.5. The molecule has 1 aliphatic heterocycles. The number of nitrogens with one attached hydrogen (secondary N) is 1. The highest BCUT2D eigenvalue weighted by atomic mass is 19.3. The van der Waals surface area contributed by atoms with Gasteiger partial charge in [-0.25, -0.2) is 13.8 Å². The van der Waals surface area contributed by atoms with E-state index in [0.717, 1.165) is 44.2 Å². The minimum atomic E-state index is -2.54. The van der Waals surface area contributed by atoms with Gasteiger partial charge in [0.1, 0.15) is 11.5 Å². The molecule has 26 heavy (non-hydrogen) atoms. The zero-order chi connectivity index (χ0) is 18.7. The Morgan fingerprint density at radius 2 is 1.92 bits per heavy atom. The maximum atomic E-state index is 13.1. The van der Waals surface area contributed by atoms with Crippen molar-refractivity contribution >= 4 is 11.8 Å². The molecule has 0 saturated carbocycles. The monoisotopic (exact) mass is 365 g/mol. The zero-order valence-electron chi connectivity index (χ0n) is 15.4. The summed E-state index contributed by atoms with van der Waals surface area (Å²) in [5, 5.41) is 7.03. The van der Waals surface area contributed by atoms with E-state index in [4.69, 9.17) is 0 Å². The van der Waals surface area contributed by atoms with Gasteiger partial charge in [-0.15, -0.1) is 0 Å². The van der Waals surface area contributed by atoms with E-state index in [2.05, 4.69) is 30.2 Å². The van der Waals surface area contributed by atoms with Gasteiger partial charge in [-0.05, 0) is 13.8 Å². The highest BCUT2D eigenvalue weighted by molar-refractivity contribution is 5.45. The van der Waals surface area contributed by atoms with Crippen LogP contribution >= 0.6 is 0 Å². The van der Waals surface area contributed by atoms with Crippen molar-refractivity contribution in [1.29, 1.82) is 0 Å². The zero-order valence-corrected chi connectivity index (χ0v) is 15.4. The Morgan fingerprint density at radius 3 is 2.58 bits per heavy atom. The van der Waals surface area contributed by atoms with E-state index in [1.54, 1.807) is 13.2 Å². The molecule has 2 aromatic rings. The number of anilines is 2. The van der Waals surface area contributed by atoms with Gasteiger partial charge in [0.15, 0.2) is 0 Å². The number of hydrogen-bond donors (Lipinski definition) is 1. The molecule has 1 aliphatic rings. The second-order valence-electron chi connectivity index (χ2n) is 6.50. The summed E-state index contributed by atoms with van der Waals surface area (Å²) in [7, 11) is 1.67. The van der Waals surface area contributed by atoms with Crippen molar-refractivity contribution in [3.05, 3.63) is 29.2 Å². The highest BCUT2D eigenvalue weighted by Crippen LogP contribution is 2.23. The standard InChI is InChI=1S/C17H25F2N7/c1-4-20-17-21-12(2)9-14(22-17)26-7-5-25(6-8-26)11-13-10-24(3)23-15(13)16(18)19/h9-10,16H,4-8,11H2,1-3H3,(H,20,21,22). The van der Waals surface area contributed by atoms with Gasteiger partial charge in [0.25, 0.3) is 6.43 Å². The molecule has 0 atom stereocenters. The van der Waals surface area contributed by atoms with Gasteiger partial charge in [-0.2, -0.15) is 10.1 Å². The first kappa shape index (κ1) is 18.5. The summed E-state index contributed by atoms with van der Waals surface area (Å²) in [4.78, 5) is 13.3. The summed E-state index contributed by atoms with van der Waals surface area (Å²) < 4.78 is 27.6. The smallest absolute Gasteiger partial charge is 0.282 e. The number of rotatable bonds is 6. The summed E-state index contributed by atoms with van der Waals surface area (Å²) in [6.45, 7) is 8.40. The Labute approximate surface area is 152 Å². The summed E-state index contributed by atoms with van der Waals surface area (Å²) in [5.41, 5.74) is 1.41. The number of alkyl halides is 2. The van der Waals surface area contributed by atoms with Crippen molar-refractivity contribution in [2.24, 2.45) is 7.05 Å². The molecule has 1 saturated heterocycles. The lowest BCUT2D eigenvalue weighted by atomic mass is 10.2. The van der Waals surface area contributed by atoms with Crippen LogP contribution < -0.4 is 10.2 Å². The largest absolute Gasteiger partial charge is 0.354 e. The van der Waals surface area contributed by atoms with Crippen LogP contribution in [0.5, 0.6) is 0 Å². The lowest BCUT2D eigenvalue weighted by molar-refractivity contribution is 0.142. The average molecular weight is 365 g/mol. The Morgan fingerprint density at radius 1 is 1.19 bits per heavy atom. The van der Waals surface area contributed by atoms with Crippen LogP contribution in [-0.2, 0) is 13.6 Å². The number of aromatic nitrogens is 4. The van der Waals surface area contributed by atoms with E-state index in [1.807, 2.05) is 19.9 Å². The predicted molar refractivity (Wildman–Crippen MR) is 96.6 cm³/mol. The van der Waals surface area contributed by atoms with Gasteiger partial charge in [0, 0.05) is 69.8 Å². The van der Waals surface area contributed by atoms with Crippen molar-refractivity contribution in [3.8, 4) is 0 Å². The molecule has 7 nitrogen and oxygen atoms in total. The SMILES string of the molecule is CCNc1nc(C)cc(N2CCN(Cc3cn(C)nc3C(F)F)CC2)n1. The third-order valence-corrected chi connectivity index (χ3v) is 4.41. The fourth-order valence-electron chi connectivity index (χ4n) is 3.19. The topological polar surface area (TPSA) is 62.1 Å². The molecule has 0 amide bonds. The summed E-state index contributed by atoms with van der Waals surface area (Å²) in [5.74, 6) is 1.55. The van der Waals surface area contributed by atoms with Crippen molar-refractivity contribution in [2.75, 3.05) is 42.9 Å². The molecule has 0 spiro atoms. The van der Waals surface area contributed by atoms with Gasteiger partial charge in [0.2, 0.25) is 5.95 Å². The van der Waals surface area contributed by atoms with Crippen molar-refractivity contribution < 1.29 is 8.78 Å². The number of nitrogens with zero attached hydrogens (tertiary/aromatic N) is 6. The van der Waals surface area contributed by atoms with Gasteiger partial charge in [-0.3, -0.25) is 9.58 Å². The van der Waals surface area contributed by atoms with Crippen LogP contribution in [0, 0.1) is 6.92 Å². The minimum absolute atomic E-state index is 0.114. The number of aryl methyl sites for hydroxylation is 2. The van der Waals surface area contributed by atoms with Gasteiger partial charge in [-0.1, -0.05) is 0 Å². The van der Waals surface area contributed by atoms with Crippen LogP contribution in [0.25, 0.3) is 0 Å². The number of piperazine rings is 1. The first-order valence-electron chi connectivity index (χ1n) is 8.83. The van der Waals surface area contributed by atoms with Crippen molar-refractivity contribution in [1.82, 2.24) is 24.6 Å². The van der Waals surface area contributed by atoms with Crippen LogP contribution in [0.15, 0.2) is 12.3 Å². The summed E-state index contributed by atoms with van der Waals surface area (Å²) in [6, 6.07) is 1.98. The molecule has 0 aliphatic carbocycles. The Hall–Kier alpha value is -2.29. The Balaban J connectivity index is 1.63. The van der Waals surface area contributed by atoms with Crippen LogP contribution in [-0.4, -0.2) is 57.4 Å². The number of halogens is 2. The summed E-state index contributed by atoms with van der Waals surface area (Å²) in [6.07, 6.45) is -0.856. The lowest BCUT2D eigenvalue weighted by Gasteiger charge is -2.35. The first-order valence-corrected chi connectivity index (χ1v) is 8.83. The van der Waals surface area contributed by atoms with Gasteiger partial charge >= 0.3 is 0 Å². The van der Waals surface area contributed by atoms with Gasteiger partial charge in [0.05, 0.1) is 0 Å². The molecular formula is C17H25F2N7. The average Bonchev–Trinajstić information content (AvgIpc) is 2.96. The van der Waals surface area contributed by atoms with E-state index < -0.39 is 6.43 Å². The van der Waals surface area contributed by atoms with Crippen LogP contribution in [0.4, 0.5) is 20.5 Å². The van der Waals surface area contributed by atoms with E-state index in [-0.39, 0.29) is 5.69 Å². The Kier molecular flexibility index (Phi) is 5.65. The third kappa shape index (κ3) is 4.27. The molecule has 2 aromatic heterocycles. The van der Waals surface area contributed by atoms with Crippen LogP contribution in [0.2, 0.25) is 0 Å². The molecule has 0 radical (unpaired) electrons. The second kappa shape index (κ2) is 7.94. The molecule has 1 fully saturated rings. The second-order valence-corrected chi connectivity index (χ2v) is 6.50. The molecule has 3 rings (SSSR count). The van der Waals surface area contributed by atoms with Crippen LogP contribution in [0.3, 0.4) is 0 Å². The molecule has 1 N–H and O–H groups in total. The normalized spacial score (nSPS) is 15.7. The maximum absolute atomic E-state index is 13.1. The highest BCUT2D eigenvalue weighted by Gasteiger charge is 2.23. The molecular weight excluding hydrogens is 340 g/mol. The lowest BCUT2D eigenvalue weighted by Crippen LogP contribution is -2.46. The number of hydrogen-bond acceptors (Lipinski definition) is 6. The van der Waals surface area contributed by atoms with Crippen LogP contribution in [0.1, 0.15) is 30.3 Å². The Bertz CT molecular complexity index is 739. The van der Waals surface area contributed by atoms with E-state index >= 15 is 0 Å². The van der Waals surface area contributed by atoms with E-state index in [0.29, 0.717) is 18.1 Å². The molecule has 0 bridgehead atoms. The quantitative estimate of drug-likeness (QED) is 0.847. The minimum Gasteiger partial charge on any atom is -0.354 e. The molecule has 3 heterocycles. The fourth-order valence-corrected chi connectivity index (χ4v) is 3.19.